The van der Waals surface area contributed by atoms with Crippen molar-refractivity contribution in [1.29, 1.82) is 0 Å². The number of benzene rings is 1. The van der Waals surface area contributed by atoms with Gasteiger partial charge in [-0.05, 0) is 25.5 Å². The molecule has 2 aromatic rings. The molecule has 2 rings (SSSR count). The molecule has 0 aliphatic heterocycles. The minimum atomic E-state index is 0.637. The van der Waals surface area contributed by atoms with E-state index in [0.717, 1.165) is 11.5 Å². The molecule has 0 aliphatic carbocycles. The zero-order valence-electron chi connectivity index (χ0n) is 12.6. The van der Waals surface area contributed by atoms with Crippen molar-refractivity contribution in [3.63, 3.8) is 0 Å². The van der Waals surface area contributed by atoms with Crippen molar-refractivity contribution in [1.82, 2.24) is 9.97 Å². The van der Waals surface area contributed by atoms with Crippen molar-refractivity contribution in [3.05, 3.63) is 35.7 Å². The van der Waals surface area contributed by atoms with Gasteiger partial charge >= 0.3 is 0 Å². The number of nitrogens with one attached hydrogen (secondary N) is 1. The fraction of sp³-hybridized carbons (Fsp3) is 0.333. The molecular formula is C15H20N4O. The van der Waals surface area contributed by atoms with Gasteiger partial charge in [0.25, 0.3) is 0 Å². The summed E-state index contributed by atoms with van der Waals surface area (Å²) in [5, 5.41) is 3.01. The van der Waals surface area contributed by atoms with E-state index in [-0.39, 0.29) is 0 Å². The number of hydrogen-bond acceptors (Lipinski definition) is 5. The van der Waals surface area contributed by atoms with Crippen LogP contribution < -0.4 is 15.0 Å². The molecule has 0 amide bonds. The van der Waals surface area contributed by atoms with Crippen LogP contribution >= 0.6 is 0 Å². The van der Waals surface area contributed by atoms with Crippen molar-refractivity contribution < 1.29 is 4.74 Å². The standard InChI is InChI=1S/C15H20N4O/c1-10-6-7-12(11(2)8-10)19(4)15-13(20-5)14(16-3)17-9-18-15/h6-9H,1-5H3,(H,16,17,18). The second-order valence-corrected chi connectivity index (χ2v) is 4.68. The third-order valence-electron chi connectivity index (χ3n) is 3.26. The molecule has 0 unspecified atom stereocenters. The first-order valence-corrected chi connectivity index (χ1v) is 6.46. The maximum atomic E-state index is 5.44. The van der Waals surface area contributed by atoms with E-state index in [4.69, 9.17) is 4.74 Å². The van der Waals surface area contributed by atoms with Gasteiger partial charge in [0.2, 0.25) is 5.75 Å². The normalized spacial score (nSPS) is 10.2. The highest BCUT2D eigenvalue weighted by atomic mass is 16.5. The maximum Gasteiger partial charge on any atom is 0.204 e. The Balaban J connectivity index is 2.50. The van der Waals surface area contributed by atoms with E-state index in [9.17, 15) is 0 Å². The number of methoxy groups -OCH3 is 1. The largest absolute Gasteiger partial charge is 0.490 e. The topological polar surface area (TPSA) is 50.3 Å². The average Bonchev–Trinajstić information content (AvgIpc) is 2.45. The Labute approximate surface area is 119 Å². The number of ether oxygens (including phenoxy) is 1. The Hall–Kier alpha value is -2.30. The highest BCUT2D eigenvalue weighted by Crippen LogP contribution is 2.35. The molecule has 106 valence electrons. The first kappa shape index (κ1) is 14.1. The zero-order chi connectivity index (χ0) is 14.7. The second-order valence-electron chi connectivity index (χ2n) is 4.68. The van der Waals surface area contributed by atoms with E-state index < -0.39 is 0 Å². The van der Waals surface area contributed by atoms with Crippen molar-refractivity contribution in [2.75, 3.05) is 31.4 Å². The Morgan fingerprint density at radius 2 is 1.95 bits per heavy atom. The van der Waals surface area contributed by atoms with Crippen molar-refractivity contribution >= 4 is 17.3 Å². The van der Waals surface area contributed by atoms with Crippen molar-refractivity contribution in [2.24, 2.45) is 0 Å². The second kappa shape index (κ2) is 5.77. The number of aromatic nitrogens is 2. The number of aryl methyl sites for hydroxylation is 2. The smallest absolute Gasteiger partial charge is 0.204 e. The lowest BCUT2D eigenvalue weighted by Crippen LogP contribution is -2.15. The SMILES string of the molecule is CNc1ncnc(N(C)c2ccc(C)cc2C)c1OC. The van der Waals surface area contributed by atoms with E-state index in [2.05, 4.69) is 47.3 Å². The van der Waals surface area contributed by atoms with E-state index in [1.165, 1.54) is 17.5 Å². The van der Waals surface area contributed by atoms with Crippen molar-refractivity contribution in [3.8, 4) is 5.75 Å². The molecular weight excluding hydrogens is 252 g/mol. The molecule has 0 saturated carbocycles. The third-order valence-corrected chi connectivity index (χ3v) is 3.26. The molecule has 0 atom stereocenters. The van der Waals surface area contributed by atoms with Gasteiger partial charge in [0, 0.05) is 19.8 Å². The number of anilines is 3. The molecule has 5 heteroatoms. The molecule has 0 radical (unpaired) electrons. The van der Waals surface area contributed by atoms with E-state index in [0.29, 0.717) is 11.6 Å². The summed E-state index contributed by atoms with van der Waals surface area (Å²) in [7, 11) is 5.41. The van der Waals surface area contributed by atoms with Crippen LogP contribution in [0.4, 0.5) is 17.3 Å². The minimum Gasteiger partial charge on any atom is -0.490 e. The summed E-state index contributed by atoms with van der Waals surface area (Å²) >= 11 is 0. The first-order valence-electron chi connectivity index (χ1n) is 6.46. The Kier molecular flexibility index (Phi) is 4.08. The maximum absolute atomic E-state index is 5.44. The van der Waals surface area contributed by atoms with Gasteiger partial charge in [0.1, 0.15) is 6.33 Å². The summed E-state index contributed by atoms with van der Waals surface area (Å²) in [4.78, 5) is 10.5. The van der Waals surface area contributed by atoms with E-state index >= 15 is 0 Å². The molecule has 0 spiro atoms. The monoisotopic (exact) mass is 272 g/mol. The minimum absolute atomic E-state index is 0.637. The van der Waals surface area contributed by atoms with Gasteiger partial charge in [-0.3, -0.25) is 0 Å². The first-order chi connectivity index (χ1) is 9.58. The molecule has 1 N–H and O–H groups in total. The van der Waals surface area contributed by atoms with Crippen LogP contribution in [-0.4, -0.2) is 31.2 Å². The summed E-state index contributed by atoms with van der Waals surface area (Å²) in [5.41, 5.74) is 3.53. The molecule has 20 heavy (non-hydrogen) atoms. The highest BCUT2D eigenvalue weighted by Gasteiger charge is 2.17. The van der Waals surface area contributed by atoms with Crippen LogP contribution in [0.2, 0.25) is 0 Å². The average molecular weight is 272 g/mol. The number of rotatable bonds is 4. The van der Waals surface area contributed by atoms with Crippen LogP contribution in [0.5, 0.6) is 5.75 Å². The predicted octanol–water partition coefficient (Wildman–Crippen LogP) is 2.91. The van der Waals surface area contributed by atoms with Crippen LogP contribution in [0.15, 0.2) is 24.5 Å². The molecule has 5 nitrogen and oxygen atoms in total. The molecule has 1 heterocycles. The van der Waals surface area contributed by atoms with E-state index in [1.54, 1.807) is 7.11 Å². The molecule has 1 aromatic carbocycles. The highest BCUT2D eigenvalue weighted by molar-refractivity contribution is 5.72. The Morgan fingerprint density at radius 3 is 2.55 bits per heavy atom. The van der Waals surface area contributed by atoms with Crippen molar-refractivity contribution in [2.45, 2.75) is 13.8 Å². The van der Waals surface area contributed by atoms with E-state index in [1.807, 2.05) is 19.0 Å². The van der Waals surface area contributed by atoms with Crippen LogP contribution in [0, 0.1) is 13.8 Å². The molecule has 1 aromatic heterocycles. The van der Waals surface area contributed by atoms with Gasteiger partial charge in [0.05, 0.1) is 7.11 Å². The van der Waals surface area contributed by atoms with Crippen LogP contribution in [-0.2, 0) is 0 Å². The van der Waals surface area contributed by atoms with Gasteiger partial charge < -0.3 is 15.0 Å². The third kappa shape index (κ3) is 2.52. The lowest BCUT2D eigenvalue weighted by molar-refractivity contribution is 0.414. The predicted molar refractivity (Wildman–Crippen MR) is 82.1 cm³/mol. The quantitative estimate of drug-likeness (QED) is 0.927. The summed E-state index contributed by atoms with van der Waals surface area (Å²) in [6.07, 6.45) is 1.53. The molecule has 0 bridgehead atoms. The summed E-state index contributed by atoms with van der Waals surface area (Å²) in [6.45, 7) is 4.17. The lowest BCUT2D eigenvalue weighted by atomic mass is 10.1. The molecule has 0 fully saturated rings. The number of nitrogens with zero attached hydrogens (tertiary/aromatic N) is 3. The van der Waals surface area contributed by atoms with Gasteiger partial charge in [-0.25, -0.2) is 9.97 Å². The Bertz CT molecular complexity index is 613. The van der Waals surface area contributed by atoms with Gasteiger partial charge in [-0.15, -0.1) is 0 Å². The summed E-state index contributed by atoms with van der Waals surface area (Å²) in [6, 6.07) is 6.33. The molecule has 0 saturated heterocycles. The fourth-order valence-electron chi connectivity index (χ4n) is 2.27. The van der Waals surface area contributed by atoms with Crippen LogP contribution in [0.1, 0.15) is 11.1 Å². The summed E-state index contributed by atoms with van der Waals surface area (Å²) in [5.74, 6) is 2.05. The van der Waals surface area contributed by atoms with Gasteiger partial charge in [-0.1, -0.05) is 17.7 Å². The number of hydrogen-bond donors (Lipinski definition) is 1. The van der Waals surface area contributed by atoms with Gasteiger partial charge in [0.15, 0.2) is 11.6 Å². The van der Waals surface area contributed by atoms with Crippen LogP contribution in [0.25, 0.3) is 0 Å². The molecule has 0 aliphatic rings. The fourth-order valence-corrected chi connectivity index (χ4v) is 2.27. The van der Waals surface area contributed by atoms with Gasteiger partial charge in [-0.2, -0.15) is 0 Å². The summed E-state index contributed by atoms with van der Waals surface area (Å²) < 4.78 is 5.44. The van der Waals surface area contributed by atoms with Crippen LogP contribution in [0.3, 0.4) is 0 Å². The lowest BCUT2D eigenvalue weighted by Gasteiger charge is -2.23. The Morgan fingerprint density at radius 1 is 1.20 bits per heavy atom. The zero-order valence-corrected chi connectivity index (χ0v) is 12.6.